The van der Waals surface area contributed by atoms with Gasteiger partial charge in [0.1, 0.15) is 17.0 Å². The molecule has 1 saturated heterocycles. The van der Waals surface area contributed by atoms with Crippen molar-refractivity contribution in [2.24, 2.45) is 0 Å². The number of Topliss-reactive ketones (excluding diaryl/α,β-unsaturated/α-hetero) is 1. The highest BCUT2D eigenvalue weighted by molar-refractivity contribution is 6.00. The minimum Gasteiger partial charge on any atom is -0.486 e. The lowest BCUT2D eigenvalue weighted by Gasteiger charge is -2.37. The number of hydrogen-bond donors (Lipinski definition) is 1. The van der Waals surface area contributed by atoms with E-state index in [1.165, 1.54) is 0 Å². The lowest BCUT2D eigenvalue weighted by molar-refractivity contribution is 0.0300. The monoisotopic (exact) mass is 325 g/mol. The van der Waals surface area contributed by atoms with Crippen LogP contribution in [0, 0.1) is 0 Å². The number of nitrogens with one attached hydrogen (secondary N) is 1. The fourth-order valence-electron chi connectivity index (χ4n) is 3.64. The summed E-state index contributed by atoms with van der Waals surface area (Å²) in [6.45, 7) is 1.24. The number of nitrogens with zero attached hydrogens (tertiary/aromatic N) is 2. The van der Waals surface area contributed by atoms with Crippen LogP contribution in [0.1, 0.15) is 46.5 Å². The number of carbonyl (C=O) groups is 2. The summed E-state index contributed by atoms with van der Waals surface area (Å²) < 4.78 is 6.25. The number of benzene rings is 1. The van der Waals surface area contributed by atoms with Gasteiger partial charge in [-0.1, -0.05) is 12.1 Å². The Labute approximate surface area is 139 Å². The van der Waals surface area contributed by atoms with Crippen LogP contribution in [0.4, 0.5) is 0 Å². The van der Waals surface area contributed by atoms with Crippen molar-refractivity contribution in [1.82, 2.24) is 15.1 Å². The highest BCUT2D eigenvalue weighted by atomic mass is 16.5. The van der Waals surface area contributed by atoms with E-state index in [0.29, 0.717) is 42.9 Å². The number of aromatic nitrogens is 2. The summed E-state index contributed by atoms with van der Waals surface area (Å²) in [5.41, 5.74) is 0.670. The maximum absolute atomic E-state index is 12.5. The normalized spacial score (nSPS) is 23.5. The molecule has 6 heteroatoms. The van der Waals surface area contributed by atoms with Crippen LogP contribution in [-0.4, -0.2) is 45.5 Å². The van der Waals surface area contributed by atoms with Gasteiger partial charge in [0.25, 0.3) is 5.91 Å². The molecule has 1 aromatic carbocycles. The van der Waals surface area contributed by atoms with Gasteiger partial charge in [-0.15, -0.1) is 0 Å². The van der Waals surface area contributed by atoms with Gasteiger partial charge in [-0.2, -0.15) is 5.10 Å². The zero-order chi connectivity index (χ0) is 16.6. The number of rotatable bonds is 1. The number of H-pyrrole nitrogens is 1. The number of carbonyl (C=O) groups excluding carboxylic acids is 2. The molecule has 1 amide bonds. The molecule has 1 atom stereocenters. The second-order valence-electron chi connectivity index (χ2n) is 6.50. The van der Waals surface area contributed by atoms with Gasteiger partial charge in [0, 0.05) is 25.7 Å². The molecular formula is C18H19N3O3. The average Bonchev–Trinajstić information content (AvgIpc) is 3.05. The molecule has 6 nitrogen and oxygen atoms in total. The van der Waals surface area contributed by atoms with Gasteiger partial charge in [0.05, 0.1) is 12.0 Å². The van der Waals surface area contributed by atoms with Gasteiger partial charge >= 0.3 is 0 Å². The number of hydrogen-bond acceptors (Lipinski definition) is 4. The molecule has 1 spiro atoms. The first-order valence-corrected chi connectivity index (χ1v) is 8.27. The van der Waals surface area contributed by atoms with Gasteiger partial charge in [0.15, 0.2) is 5.78 Å². The van der Waals surface area contributed by atoms with E-state index in [-0.39, 0.29) is 11.7 Å². The summed E-state index contributed by atoms with van der Waals surface area (Å²) >= 11 is 0. The smallest absolute Gasteiger partial charge is 0.271 e. The summed E-state index contributed by atoms with van der Waals surface area (Å²) in [7, 11) is 0. The lowest BCUT2D eigenvalue weighted by atomic mass is 9.84. The van der Waals surface area contributed by atoms with E-state index in [1.54, 1.807) is 12.3 Å². The Hall–Kier alpha value is -2.63. The molecule has 1 aromatic heterocycles. The predicted octanol–water partition coefficient (Wildman–Crippen LogP) is 2.44. The van der Waals surface area contributed by atoms with Crippen LogP contribution in [0.5, 0.6) is 5.75 Å². The molecular weight excluding hydrogens is 306 g/mol. The van der Waals surface area contributed by atoms with Crippen molar-refractivity contribution in [3.63, 3.8) is 0 Å². The first-order valence-electron chi connectivity index (χ1n) is 8.27. The molecule has 3 heterocycles. The molecule has 2 aliphatic heterocycles. The predicted molar refractivity (Wildman–Crippen MR) is 87.1 cm³/mol. The highest BCUT2D eigenvalue weighted by Gasteiger charge is 2.42. The first kappa shape index (κ1) is 14.9. The number of para-hydroxylation sites is 1. The minimum atomic E-state index is -0.492. The Kier molecular flexibility index (Phi) is 3.59. The van der Waals surface area contributed by atoms with Crippen LogP contribution in [0.3, 0.4) is 0 Å². The third-order valence-electron chi connectivity index (χ3n) is 4.91. The number of amides is 1. The van der Waals surface area contributed by atoms with E-state index >= 15 is 0 Å². The second-order valence-corrected chi connectivity index (χ2v) is 6.50. The van der Waals surface area contributed by atoms with Crippen LogP contribution in [0.15, 0.2) is 36.5 Å². The van der Waals surface area contributed by atoms with E-state index in [0.717, 1.165) is 12.8 Å². The maximum Gasteiger partial charge on any atom is 0.271 e. The third-order valence-corrected chi connectivity index (χ3v) is 4.91. The van der Waals surface area contributed by atoms with Crippen LogP contribution in [0.25, 0.3) is 0 Å². The molecule has 1 fully saturated rings. The molecule has 4 rings (SSSR count). The lowest BCUT2D eigenvalue weighted by Crippen LogP contribution is -2.43. The summed E-state index contributed by atoms with van der Waals surface area (Å²) in [5.74, 6) is 0.749. The average molecular weight is 325 g/mol. The van der Waals surface area contributed by atoms with Crippen molar-refractivity contribution in [3.05, 3.63) is 47.8 Å². The zero-order valence-corrected chi connectivity index (χ0v) is 13.3. The number of likely N-dealkylation sites (tertiary alicyclic amines) is 1. The Morgan fingerprint density at radius 2 is 2.08 bits per heavy atom. The molecule has 2 aromatic rings. The van der Waals surface area contributed by atoms with Gasteiger partial charge in [-0.3, -0.25) is 14.7 Å². The molecule has 0 radical (unpaired) electrons. The van der Waals surface area contributed by atoms with Crippen LogP contribution in [-0.2, 0) is 0 Å². The number of ketones is 1. The zero-order valence-electron chi connectivity index (χ0n) is 13.3. The molecule has 1 unspecified atom stereocenters. The van der Waals surface area contributed by atoms with Crippen molar-refractivity contribution in [3.8, 4) is 5.75 Å². The Bertz CT molecular complexity index is 772. The van der Waals surface area contributed by atoms with Crippen LogP contribution in [0.2, 0.25) is 0 Å². The van der Waals surface area contributed by atoms with Gasteiger partial charge < -0.3 is 9.64 Å². The third kappa shape index (κ3) is 2.58. The topological polar surface area (TPSA) is 75.3 Å². The molecule has 1 N–H and O–H groups in total. The van der Waals surface area contributed by atoms with Crippen molar-refractivity contribution < 1.29 is 14.3 Å². The van der Waals surface area contributed by atoms with Crippen LogP contribution >= 0.6 is 0 Å². The number of fused-ring (bicyclic) bond motifs is 1. The molecule has 2 aliphatic rings. The van der Waals surface area contributed by atoms with Crippen molar-refractivity contribution >= 4 is 11.7 Å². The van der Waals surface area contributed by atoms with Gasteiger partial charge in [0.2, 0.25) is 0 Å². The molecule has 24 heavy (non-hydrogen) atoms. The summed E-state index contributed by atoms with van der Waals surface area (Å²) in [5, 5.41) is 6.56. The minimum absolute atomic E-state index is 0.0490. The van der Waals surface area contributed by atoms with E-state index in [1.807, 2.05) is 29.2 Å². The fraction of sp³-hybridized carbons (Fsp3) is 0.389. The SMILES string of the molecule is O=C1CC2(CCCN(C(=O)c3ccn[nH]3)CC2)Oc2ccccc21. The highest BCUT2D eigenvalue weighted by Crippen LogP contribution is 2.39. The summed E-state index contributed by atoms with van der Waals surface area (Å²) in [6.07, 6.45) is 4.21. The largest absolute Gasteiger partial charge is 0.486 e. The maximum atomic E-state index is 12.5. The number of aromatic amines is 1. The Morgan fingerprint density at radius 1 is 1.21 bits per heavy atom. The molecule has 124 valence electrons. The van der Waals surface area contributed by atoms with Gasteiger partial charge in [-0.05, 0) is 31.0 Å². The number of ether oxygens (including phenoxy) is 1. The van der Waals surface area contributed by atoms with Gasteiger partial charge in [-0.25, -0.2) is 0 Å². The van der Waals surface area contributed by atoms with Crippen molar-refractivity contribution in [2.75, 3.05) is 13.1 Å². The van der Waals surface area contributed by atoms with E-state index in [4.69, 9.17) is 4.74 Å². The summed E-state index contributed by atoms with van der Waals surface area (Å²) in [4.78, 5) is 26.8. The molecule has 0 saturated carbocycles. The Balaban J connectivity index is 1.53. The molecule has 0 aliphatic carbocycles. The van der Waals surface area contributed by atoms with E-state index < -0.39 is 5.60 Å². The Morgan fingerprint density at radius 3 is 2.92 bits per heavy atom. The first-order chi connectivity index (χ1) is 11.7. The quantitative estimate of drug-likeness (QED) is 0.874. The van der Waals surface area contributed by atoms with Crippen molar-refractivity contribution in [1.29, 1.82) is 0 Å². The van der Waals surface area contributed by atoms with Crippen molar-refractivity contribution in [2.45, 2.75) is 31.3 Å². The second kappa shape index (κ2) is 5.78. The van der Waals surface area contributed by atoms with E-state index in [2.05, 4.69) is 10.2 Å². The van der Waals surface area contributed by atoms with E-state index in [9.17, 15) is 9.59 Å². The summed E-state index contributed by atoms with van der Waals surface area (Å²) in [6, 6.07) is 9.09. The van der Waals surface area contributed by atoms with Crippen LogP contribution < -0.4 is 4.74 Å². The standard InChI is InChI=1S/C18H19N3O3/c22-15-12-18(24-16-5-2-1-4-13(15)16)7-3-10-21(11-8-18)17(23)14-6-9-19-20-14/h1-2,4-6,9H,3,7-8,10-12H2,(H,19,20). The fourth-order valence-corrected chi connectivity index (χ4v) is 3.64. The molecule has 0 bridgehead atoms.